The van der Waals surface area contributed by atoms with Crippen molar-refractivity contribution in [2.45, 2.75) is 25.4 Å². The maximum atomic E-state index is 10.4. The highest BCUT2D eigenvalue weighted by Crippen LogP contribution is 2.44. The fourth-order valence-electron chi connectivity index (χ4n) is 1.87. The maximum absolute atomic E-state index is 10.4. The number of rotatable bonds is 3. The molecule has 1 atom stereocenters. The van der Waals surface area contributed by atoms with Crippen LogP contribution < -0.4 is 5.73 Å². The van der Waals surface area contributed by atoms with Gasteiger partial charge in [-0.25, -0.2) is 0 Å². The van der Waals surface area contributed by atoms with Crippen molar-refractivity contribution < 1.29 is 5.11 Å². The quantitative estimate of drug-likeness (QED) is 0.749. The summed E-state index contributed by atoms with van der Waals surface area (Å²) in [5.74, 6) is 0.330. The van der Waals surface area contributed by atoms with E-state index in [2.05, 4.69) is 4.98 Å². The summed E-state index contributed by atoms with van der Waals surface area (Å²) < 4.78 is 0. The van der Waals surface area contributed by atoms with Gasteiger partial charge in [-0.2, -0.15) is 0 Å². The molecular weight excluding hydrogens is 176 g/mol. The van der Waals surface area contributed by atoms with Crippen LogP contribution in [0.5, 0.6) is 0 Å². The highest BCUT2D eigenvalue weighted by Gasteiger charge is 2.44. The number of aryl methyl sites for hydroxylation is 1. The van der Waals surface area contributed by atoms with Crippen molar-refractivity contribution >= 4 is 0 Å². The van der Waals surface area contributed by atoms with Gasteiger partial charge in [0, 0.05) is 24.5 Å². The Morgan fingerprint density at radius 2 is 2.29 bits per heavy atom. The van der Waals surface area contributed by atoms with Gasteiger partial charge < -0.3 is 10.8 Å². The van der Waals surface area contributed by atoms with Crippen molar-refractivity contribution in [2.24, 2.45) is 11.7 Å². The van der Waals surface area contributed by atoms with Crippen LogP contribution in [0.2, 0.25) is 0 Å². The predicted molar refractivity (Wildman–Crippen MR) is 54.6 cm³/mol. The Morgan fingerprint density at radius 1 is 1.57 bits per heavy atom. The van der Waals surface area contributed by atoms with Crippen LogP contribution in [0.15, 0.2) is 18.5 Å². The van der Waals surface area contributed by atoms with Gasteiger partial charge in [-0.1, -0.05) is 6.07 Å². The van der Waals surface area contributed by atoms with E-state index >= 15 is 0 Å². The van der Waals surface area contributed by atoms with E-state index in [9.17, 15) is 5.11 Å². The van der Waals surface area contributed by atoms with E-state index in [0.717, 1.165) is 24.0 Å². The molecule has 1 fully saturated rings. The fourth-order valence-corrected chi connectivity index (χ4v) is 1.87. The van der Waals surface area contributed by atoms with Crippen LogP contribution in [0.1, 0.15) is 24.0 Å². The molecule has 0 aliphatic heterocycles. The molecule has 1 aromatic rings. The molecule has 3 N–H and O–H groups in total. The third-order valence-corrected chi connectivity index (χ3v) is 2.94. The van der Waals surface area contributed by atoms with Crippen LogP contribution >= 0.6 is 0 Å². The third-order valence-electron chi connectivity index (χ3n) is 2.94. The number of aromatic nitrogens is 1. The summed E-state index contributed by atoms with van der Waals surface area (Å²) in [6, 6.07) is 1.97. The molecule has 14 heavy (non-hydrogen) atoms. The average molecular weight is 192 g/mol. The summed E-state index contributed by atoms with van der Waals surface area (Å²) in [6.07, 6.45) is 5.65. The first-order valence-corrected chi connectivity index (χ1v) is 5.01. The Morgan fingerprint density at radius 3 is 2.79 bits per heavy atom. The Bertz CT molecular complexity index is 336. The topological polar surface area (TPSA) is 59.1 Å². The summed E-state index contributed by atoms with van der Waals surface area (Å²) >= 11 is 0. The number of hydrogen-bond acceptors (Lipinski definition) is 3. The van der Waals surface area contributed by atoms with Gasteiger partial charge in [0.15, 0.2) is 0 Å². The fraction of sp³-hybridized carbons (Fsp3) is 0.545. The Labute approximate surface area is 84.0 Å². The average Bonchev–Trinajstić information content (AvgIpc) is 3.00. The van der Waals surface area contributed by atoms with Gasteiger partial charge in [0.25, 0.3) is 0 Å². The van der Waals surface area contributed by atoms with Crippen molar-refractivity contribution in [1.82, 2.24) is 4.98 Å². The van der Waals surface area contributed by atoms with E-state index in [-0.39, 0.29) is 6.54 Å². The molecule has 1 unspecified atom stereocenters. The number of nitrogens with zero attached hydrogens (tertiary/aromatic N) is 1. The lowest BCUT2D eigenvalue weighted by molar-refractivity contribution is 0.0218. The van der Waals surface area contributed by atoms with Gasteiger partial charge >= 0.3 is 0 Å². The number of nitrogens with two attached hydrogens (primary N) is 1. The minimum atomic E-state index is -0.848. The normalized spacial score (nSPS) is 20.5. The minimum absolute atomic E-state index is 0.281. The Balaban J connectivity index is 2.35. The first-order chi connectivity index (χ1) is 6.66. The zero-order valence-corrected chi connectivity index (χ0v) is 8.40. The van der Waals surface area contributed by atoms with Gasteiger partial charge in [-0.3, -0.25) is 4.98 Å². The standard InChI is InChI=1S/C11H16N2O/c1-8-4-10(6-13-5-8)11(14,7-12)9-2-3-9/h4-6,9,14H,2-3,7,12H2,1H3. The maximum Gasteiger partial charge on any atom is 0.106 e. The van der Waals surface area contributed by atoms with Crippen LogP contribution in [0.3, 0.4) is 0 Å². The van der Waals surface area contributed by atoms with Crippen molar-refractivity contribution in [3.8, 4) is 0 Å². The van der Waals surface area contributed by atoms with Crippen LogP contribution in [0, 0.1) is 12.8 Å². The van der Waals surface area contributed by atoms with Gasteiger partial charge in [0.1, 0.15) is 5.60 Å². The van der Waals surface area contributed by atoms with Gasteiger partial charge in [-0.15, -0.1) is 0 Å². The molecular formula is C11H16N2O. The molecule has 0 aromatic carbocycles. The largest absolute Gasteiger partial charge is 0.383 e. The lowest BCUT2D eigenvalue weighted by Gasteiger charge is -2.26. The Kier molecular flexibility index (Phi) is 2.29. The van der Waals surface area contributed by atoms with Crippen molar-refractivity contribution in [3.63, 3.8) is 0 Å². The second-order valence-corrected chi connectivity index (χ2v) is 4.15. The van der Waals surface area contributed by atoms with Gasteiger partial charge in [-0.05, 0) is 31.2 Å². The predicted octanol–water partition coefficient (Wildman–Crippen LogP) is 0.946. The van der Waals surface area contributed by atoms with E-state index in [1.54, 1.807) is 12.4 Å². The molecule has 0 spiro atoms. The highest BCUT2D eigenvalue weighted by molar-refractivity contribution is 5.26. The molecule has 0 bridgehead atoms. The second kappa shape index (κ2) is 3.33. The van der Waals surface area contributed by atoms with E-state index in [1.165, 1.54) is 0 Å². The first-order valence-electron chi connectivity index (χ1n) is 5.01. The van der Waals surface area contributed by atoms with Crippen LogP contribution in [-0.4, -0.2) is 16.6 Å². The molecule has 3 heteroatoms. The Hall–Kier alpha value is -0.930. The summed E-state index contributed by atoms with van der Waals surface area (Å²) in [4.78, 5) is 4.09. The van der Waals surface area contributed by atoms with Crippen molar-refractivity contribution in [1.29, 1.82) is 0 Å². The number of pyridine rings is 1. The van der Waals surface area contributed by atoms with E-state index in [0.29, 0.717) is 5.92 Å². The van der Waals surface area contributed by atoms with E-state index in [4.69, 9.17) is 5.73 Å². The van der Waals surface area contributed by atoms with Crippen LogP contribution in [0.25, 0.3) is 0 Å². The zero-order valence-electron chi connectivity index (χ0n) is 8.40. The third kappa shape index (κ3) is 1.53. The van der Waals surface area contributed by atoms with Crippen molar-refractivity contribution in [2.75, 3.05) is 6.54 Å². The molecule has 2 rings (SSSR count). The number of aliphatic hydroxyl groups is 1. The minimum Gasteiger partial charge on any atom is -0.383 e. The molecule has 0 saturated heterocycles. The monoisotopic (exact) mass is 192 g/mol. The molecule has 1 saturated carbocycles. The zero-order chi connectivity index (χ0) is 10.2. The van der Waals surface area contributed by atoms with E-state index < -0.39 is 5.60 Å². The van der Waals surface area contributed by atoms with Gasteiger partial charge in [0.05, 0.1) is 0 Å². The lowest BCUT2D eigenvalue weighted by atomic mass is 9.89. The molecule has 1 aliphatic carbocycles. The van der Waals surface area contributed by atoms with E-state index in [1.807, 2.05) is 13.0 Å². The molecule has 76 valence electrons. The molecule has 3 nitrogen and oxygen atoms in total. The molecule has 1 aliphatic rings. The second-order valence-electron chi connectivity index (χ2n) is 4.15. The number of hydrogen-bond donors (Lipinski definition) is 2. The van der Waals surface area contributed by atoms with Crippen molar-refractivity contribution in [3.05, 3.63) is 29.6 Å². The smallest absolute Gasteiger partial charge is 0.106 e. The summed E-state index contributed by atoms with van der Waals surface area (Å²) in [5.41, 5.74) is 6.73. The molecule has 0 radical (unpaired) electrons. The highest BCUT2D eigenvalue weighted by atomic mass is 16.3. The summed E-state index contributed by atoms with van der Waals surface area (Å²) in [6.45, 7) is 2.25. The first kappa shape index (κ1) is 9.62. The van der Waals surface area contributed by atoms with Crippen LogP contribution in [-0.2, 0) is 5.60 Å². The summed E-state index contributed by atoms with van der Waals surface area (Å²) in [7, 11) is 0. The lowest BCUT2D eigenvalue weighted by Crippen LogP contribution is -2.37. The summed E-state index contributed by atoms with van der Waals surface area (Å²) in [5, 5.41) is 10.4. The SMILES string of the molecule is Cc1cncc(C(O)(CN)C2CC2)c1. The van der Waals surface area contributed by atoms with Gasteiger partial charge in [0.2, 0.25) is 0 Å². The molecule has 0 amide bonds. The van der Waals surface area contributed by atoms with Crippen LogP contribution in [0.4, 0.5) is 0 Å². The molecule has 1 heterocycles. The molecule has 1 aromatic heterocycles.